The molecule has 0 saturated carbocycles. The van der Waals surface area contributed by atoms with Crippen molar-refractivity contribution < 1.29 is 29.2 Å². The molecular formula is C7H12O6. The van der Waals surface area contributed by atoms with Crippen LogP contribution < -0.4 is 0 Å². The molecule has 76 valence electrons. The van der Waals surface area contributed by atoms with Crippen molar-refractivity contribution in [3.8, 4) is 0 Å². The van der Waals surface area contributed by atoms with Crippen molar-refractivity contribution in [1.29, 1.82) is 0 Å². The maximum atomic E-state index is 9.06. The highest BCUT2D eigenvalue weighted by molar-refractivity contribution is 4.65. The first kappa shape index (κ1) is 9.32. The van der Waals surface area contributed by atoms with E-state index in [0.29, 0.717) is 0 Å². The van der Waals surface area contributed by atoms with Crippen LogP contribution in [0.4, 0.5) is 0 Å². The van der Waals surface area contributed by atoms with Gasteiger partial charge in [-0.25, -0.2) is 0 Å². The molecule has 0 unspecified atom stereocenters. The van der Waals surface area contributed by atoms with Crippen molar-refractivity contribution in [1.82, 2.24) is 0 Å². The molecule has 13 heavy (non-hydrogen) atoms. The number of ether oxygens (including phenoxy) is 4. The van der Waals surface area contributed by atoms with Gasteiger partial charge in [-0.05, 0) is 0 Å². The van der Waals surface area contributed by atoms with Gasteiger partial charge in [-0.2, -0.15) is 0 Å². The molecule has 2 N–H and O–H groups in total. The number of hydrogen-bond acceptors (Lipinski definition) is 6. The maximum Gasteiger partial charge on any atom is 0.413 e. The fraction of sp³-hybridized carbons (Fsp3) is 1.00. The van der Waals surface area contributed by atoms with Crippen molar-refractivity contribution in [2.45, 2.75) is 18.4 Å². The first-order chi connectivity index (χ1) is 6.20. The fourth-order valence-corrected chi connectivity index (χ4v) is 1.14. The normalized spacial score (nSPS) is 46.6. The highest BCUT2D eigenvalue weighted by Crippen LogP contribution is 2.25. The molecule has 1 spiro atoms. The third-order valence-corrected chi connectivity index (χ3v) is 1.81. The summed E-state index contributed by atoms with van der Waals surface area (Å²) in [6.07, 6.45) is -2.80. The van der Waals surface area contributed by atoms with Gasteiger partial charge < -0.3 is 29.2 Å². The summed E-state index contributed by atoms with van der Waals surface area (Å²) in [7, 11) is 0. The summed E-state index contributed by atoms with van der Waals surface area (Å²) in [6.45, 7) is 0.429. The zero-order valence-corrected chi connectivity index (χ0v) is 7.01. The zero-order chi connectivity index (χ0) is 9.31. The topological polar surface area (TPSA) is 77.4 Å². The third-order valence-electron chi connectivity index (χ3n) is 1.81. The minimum absolute atomic E-state index is 0.107. The summed E-state index contributed by atoms with van der Waals surface area (Å²) in [5, 5.41) is 18.1. The molecule has 0 aliphatic carbocycles. The van der Waals surface area contributed by atoms with Crippen LogP contribution in [0.3, 0.4) is 0 Å². The molecule has 0 aromatic rings. The first-order valence-electron chi connectivity index (χ1n) is 4.12. The lowest BCUT2D eigenvalue weighted by Crippen LogP contribution is -2.55. The fourth-order valence-electron chi connectivity index (χ4n) is 1.14. The minimum atomic E-state index is -1.50. The van der Waals surface area contributed by atoms with Crippen LogP contribution in [-0.4, -0.2) is 55.0 Å². The summed E-state index contributed by atoms with van der Waals surface area (Å²) < 4.78 is 20.2. The Bertz CT molecular complexity index is 144. The maximum absolute atomic E-state index is 9.06. The molecule has 0 aromatic carbocycles. The van der Waals surface area contributed by atoms with Crippen molar-refractivity contribution in [2.24, 2.45) is 0 Å². The number of rotatable bonds is 0. The quantitative estimate of drug-likeness (QED) is 0.482. The summed E-state index contributed by atoms with van der Waals surface area (Å²) in [6, 6.07) is 0. The van der Waals surface area contributed by atoms with E-state index in [1.54, 1.807) is 0 Å². The molecule has 2 saturated heterocycles. The van der Waals surface area contributed by atoms with E-state index >= 15 is 0 Å². The van der Waals surface area contributed by atoms with Gasteiger partial charge in [0.25, 0.3) is 0 Å². The molecule has 0 amide bonds. The zero-order valence-electron chi connectivity index (χ0n) is 7.01. The second kappa shape index (κ2) is 3.49. The average Bonchev–Trinajstić information content (AvgIpc) is 2.16. The van der Waals surface area contributed by atoms with E-state index in [4.69, 9.17) is 29.2 Å². The van der Waals surface area contributed by atoms with Gasteiger partial charge >= 0.3 is 6.16 Å². The summed E-state index contributed by atoms with van der Waals surface area (Å²) in [5.74, 6) is 0. The van der Waals surface area contributed by atoms with Crippen LogP contribution in [0.15, 0.2) is 0 Å². The van der Waals surface area contributed by atoms with Crippen molar-refractivity contribution >= 4 is 0 Å². The van der Waals surface area contributed by atoms with Crippen molar-refractivity contribution in [3.05, 3.63) is 0 Å². The second-order valence-electron chi connectivity index (χ2n) is 3.05. The van der Waals surface area contributed by atoms with Gasteiger partial charge in [0, 0.05) is 0 Å². The van der Waals surface area contributed by atoms with E-state index in [9.17, 15) is 0 Å². The number of aliphatic hydroxyl groups excluding tert-OH is 2. The molecule has 0 atom stereocenters. The van der Waals surface area contributed by atoms with E-state index in [-0.39, 0.29) is 26.4 Å². The van der Waals surface area contributed by atoms with Crippen LogP contribution in [0.1, 0.15) is 0 Å². The van der Waals surface area contributed by atoms with Crippen LogP contribution in [-0.2, 0) is 18.9 Å². The van der Waals surface area contributed by atoms with Gasteiger partial charge in [0.15, 0.2) is 0 Å². The average molecular weight is 192 g/mol. The Balaban J connectivity index is 1.90. The van der Waals surface area contributed by atoms with Crippen LogP contribution in [0.2, 0.25) is 0 Å². The van der Waals surface area contributed by atoms with Crippen LogP contribution in [0, 0.1) is 0 Å². The Morgan fingerprint density at radius 1 is 0.769 bits per heavy atom. The molecule has 0 radical (unpaired) electrons. The Morgan fingerprint density at radius 3 is 1.38 bits per heavy atom. The molecule has 0 bridgehead atoms. The Hall–Kier alpha value is -0.240. The second-order valence-corrected chi connectivity index (χ2v) is 3.05. The van der Waals surface area contributed by atoms with E-state index in [2.05, 4.69) is 0 Å². The molecule has 2 aliphatic heterocycles. The van der Waals surface area contributed by atoms with Gasteiger partial charge in [-0.15, -0.1) is 0 Å². The summed E-state index contributed by atoms with van der Waals surface area (Å²) in [5.41, 5.74) is 0. The van der Waals surface area contributed by atoms with Crippen LogP contribution >= 0.6 is 0 Å². The Morgan fingerprint density at radius 2 is 1.08 bits per heavy atom. The highest BCUT2D eigenvalue weighted by Gasteiger charge is 2.44. The lowest BCUT2D eigenvalue weighted by atomic mass is 10.4. The van der Waals surface area contributed by atoms with E-state index in [0.717, 1.165) is 0 Å². The smallest absolute Gasteiger partial charge is 0.388 e. The number of hydrogen-bond donors (Lipinski definition) is 2. The first-order valence-corrected chi connectivity index (χ1v) is 4.12. The minimum Gasteiger partial charge on any atom is -0.388 e. The van der Waals surface area contributed by atoms with Crippen LogP contribution in [0.5, 0.6) is 0 Å². The van der Waals surface area contributed by atoms with Crippen LogP contribution in [0.25, 0.3) is 0 Å². The van der Waals surface area contributed by atoms with Crippen molar-refractivity contribution in [3.63, 3.8) is 0 Å². The van der Waals surface area contributed by atoms with E-state index in [1.807, 2.05) is 0 Å². The molecule has 2 heterocycles. The Labute approximate surface area is 75.0 Å². The van der Waals surface area contributed by atoms with Gasteiger partial charge in [-0.3, -0.25) is 0 Å². The summed E-state index contributed by atoms with van der Waals surface area (Å²) in [4.78, 5) is 0. The van der Waals surface area contributed by atoms with Crippen molar-refractivity contribution in [2.75, 3.05) is 26.4 Å². The predicted molar refractivity (Wildman–Crippen MR) is 38.6 cm³/mol. The number of aliphatic hydroxyl groups is 2. The lowest BCUT2D eigenvalue weighted by molar-refractivity contribution is -0.537. The Kier molecular flexibility index (Phi) is 2.50. The SMILES string of the molecule is OC1COC2(OC1)OCC(O)CO2. The summed E-state index contributed by atoms with van der Waals surface area (Å²) >= 11 is 0. The van der Waals surface area contributed by atoms with Gasteiger partial charge in [-0.1, -0.05) is 0 Å². The molecule has 2 fully saturated rings. The largest absolute Gasteiger partial charge is 0.413 e. The monoisotopic (exact) mass is 192 g/mol. The molecular weight excluding hydrogens is 180 g/mol. The van der Waals surface area contributed by atoms with E-state index < -0.39 is 18.4 Å². The molecule has 6 heteroatoms. The van der Waals surface area contributed by atoms with Gasteiger partial charge in [0.2, 0.25) is 0 Å². The highest BCUT2D eigenvalue weighted by atomic mass is 17.0. The molecule has 0 aromatic heterocycles. The molecule has 2 rings (SSSR count). The van der Waals surface area contributed by atoms with E-state index in [1.165, 1.54) is 0 Å². The lowest BCUT2D eigenvalue weighted by Gasteiger charge is -2.40. The van der Waals surface area contributed by atoms with Gasteiger partial charge in [0.1, 0.15) is 12.2 Å². The standard InChI is InChI=1S/C7H12O6/c8-5-1-10-7(11-2-5)12-3-6(9)4-13-7/h5-6,8-9H,1-4H2. The molecule has 2 aliphatic rings. The van der Waals surface area contributed by atoms with Gasteiger partial charge in [0.05, 0.1) is 26.4 Å². The third kappa shape index (κ3) is 1.98. The predicted octanol–water partition coefficient (Wildman–Crippen LogP) is -1.59. The molecule has 6 nitrogen and oxygen atoms in total.